The van der Waals surface area contributed by atoms with Crippen molar-refractivity contribution in [3.63, 3.8) is 0 Å². The fourth-order valence-corrected chi connectivity index (χ4v) is 3.90. The third kappa shape index (κ3) is 9.64. The molecule has 7 nitrogen and oxygen atoms in total. The SMILES string of the molecule is CCNC(=NCC(CCN(C)C)OCC)N1CCC(OCC2CCCCO2)CC1. The van der Waals surface area contributed by atoms with Crippen LogP contribution >= 0.6 is 0 Å². The van der Waals surface area contributed by atoms with Crippen LogP contribution < -0.4 is 5.32 Å². The van der Waals surface area contributed by atoms with Crippen molar-refractivity contribution >= 4 is 5.96 Å². The zero-order valence-electron chi connectivity index (χ0n) is 19.2. The molecule has 2 aliphatic rings. The summed E-state index contributed by atoms with van der Waals surface area (Å²) in [6, 6.07) is 0. The molecule has 0 bridgehead atoms. The van der Waals surface area contributed by atoms with Gasteiger partial charge < -0.3 is 29.3 Å². The molecule has 0 radical (unpaired) electrons. The minimum atomic E-state index is 0.174. The second-order valence-electron chi connectivity index (χ2n) is 8.37. The number of hydrogen-bond acceptors (Lipinski definition) is 5. The van der Waals surface area contributed by atoms with Crippen LogP contribution in [0.1, 0.15) is 52.4 Å². The smallest absolute Gasteiger partial charge is 0.194 e. The largest absolute Gasteiger partial charge is 0.377 e. The third-order valence-corrected chi connectivity index (χ3v) is 5.61. The zero-order chi connectivity index (χ0) is 20.9. The fraction of sp³-hybridized carbons (Fsp3) is 0.955. The minimum Gasteiger partial charge on any atom is -0.377 e. The third-order valence-electron chi connectivity index (χ3n) is 5.61. The van der Waals surface area contributed by atoms with Crippen LogP contribution in [0.25, 0.3) is 0 Å². The summed E-state index contributed by atoms with van der Waals surface area (Å²) in [5.74, 6) is 1.01. The Balaban J connectivity index is 1.78. The first-order valence-electron chi connectivity index (χ1n) is 11.6. The van der Waals surface area contributed by atoms with E-state index in [0.29, 0.717) is 18.8 Å². The number of rotatable bonds is 11. The summed E-state index contributed by atoms with van der Waals surface area (Å²) in [6.07, 6.45) is 7.53. The molecule has 29 heavy (non-hydrogen) atoms. The molecule has 2 aliphatic heterocycles. The van der Waals surface area contributed by atoms with E-state index in [1.54, 1.807) is 0 Å². The summed E-state index contributed by atoms with van der Waals surface area (Å²) in [5.41, 5.74) is 0. The number of likely N-dealkylation sites (tertiary alicyclic amines) is 1. The number of piperidine rings is 1. The van der Waals surface area contributed by atoms with Gasteiger partial charge >= 0.3 is 0 Å². The molecule has 0 aromatic rings. The van der Waals surface area contributed by atoms with Crippen molar-refractivity contribution in [1.82, 2.24) is 15.1 Å². The lowest BCUT2D eigenvalue weighted by Gasteiger charge is -2.35. The Morgan fingerprint density at radius 3 is 2.62 bits per heavy atom. The van der Waals surface area contributed by atoms with Crippen LogP contribution in [0.2, 0.25) is 0 Å². The van der Waals surface area contributed by atoms with Crippen molar-refractivity contribution in [3.05, 3.63) is 0 Å². The van der Waals surface area contributed by atoms with E-state index in [4.69, 9.17) is 19.2 Å². The van der Waals surface area contributed by atoms with Gasteiger partial charge in [0.15, 0.2) is 5.96 Å². The van der Waals surface area contributed by atoms with Crippen LogP contribution in [0.4, 0.5) is 0 Å². The summed E-state index contributed by atoms with van der Waals surface area (Å²) >= 11 is 0. The van der Waals surface area contributed by atoms with E-state index < -0.39 is 0 Å². The summed E-state index contributed by atoms with van der Waals surface area (Å²) in [4.78, 5) is 9.47. The Hall–Kier alpha value is -0.890. The second kappa shape index (κ2) is 14.2. The normalized spacial score (nSPS) is 22.9. The van der Waals surface area contributed by atoms with E-state index in [2.05, 4.69) is 43.1 Å². The van der Waals surface area contributed by atoms with Gasteiger partial charge in [0.25, 0.3) is 0 Å². The first-order valence-corrected chi connectivity index (χ1v) is 11.6. The molecule has 2 fully saturated rings. The van der Waals surface area contributed by atoms with Gasteiger partial charge in [0.1, 0.15) is 0 Å². The van der Waals surface area contributed by atoms with E-state index in [9.17, 15) is 0 Å². The predicted molar refractivity (Wildman–Crippen MR) is 119 cm³/mol. The maximum absolute atomic E-state index is 6.16. The highest BCUT2D eigenvalue weighted by Crippen LogP contribution is 2.18. The lowest BCUT2D eigenvalue weighted by Crippen LogP contribution is -2.47. The molecule has 2 atom stereocenters. The molecule has 2 unspecified atom stereocenters. The van der Waals surface area contributed by atoms with E-state index >= 15 is 0 Å². The monoisotopic (exact) mass is 412 g/mol. The standard InChI is InChI=1S/C22H44N4O3/c1-5-23-22(24-17-20(27-6-2)10-13-25(3)4)26-14-11-19(12-15-26)29-18-21-9-7-8-16-28-21/h19-21H,5-18H2,1-4H3,(H,23,24). The number of nitrogens with one attached hydrogen (secondary N) is 1. The van der Waals surface area contributed by atoms with Crippen LogP contribution in [0.15, 0.2) is 4.99 Å². The first kappa shape index (κ1) is 24.4. The average molecular weight is 413 g/mol. The van der Waals surface area contributed by atoms with Crippen LogP contribution in [-0.2, 0) is 14.2 Å². The highest BCUT2D eigenvalue weighted by molar-refractivity contribution is 5.80. The Bertz CT molecular complexity index is 447. The molecular formula is C22H44N4O3. The van der Waals surface area contributed by atoms with Crippen molar-refractivity contribution in [3.8, 4) is 0 Å². The molecule has 2 rings (SSSR count). The van der Waals surface area contributed by atoms with E-state index in [-0.39, 0.29) is 6.10 Å². The van der Waals surface area contributed by atoms with Gasteiger partial charge in [-0.15, -0.1) is 0 Å². The first-order chi connectivity index (χ1) is 14.1. The average Bonchev–Trinajstić information content (AvgIpc) is 2.74. The Kier molecular flexibility index (Phi) is 11.9. The maximum atomic E-state index is 6.16. The molecule has 0 amide bonds. The van der Waals surface area contributed by atoms with Gasteiger partial charge in [-0.25, -0.2) is 0 Å². The molecule has 0 saturated carbocycles. The van der Waals surface area contributed by atoms with Gasteiger partial charge in [-0.05, 0) is 66.5 Å². The number of ether oxygens (including phenoxy) is 3. The van der Waals surface area contributed by atoms with E-state index in [1.807, 2.05) is 0 Å². The van der Waals surface area contributed by atoms with Crippen LogP contribution in [0, 0.1) is 0 Å². The highest BCUT2D eigenvalue weighted by Gasteiger charge is 2.24. The lowest BCUT2D eigenvalue weighted by molar-refractivity contribution is -0.0721. The van der Waals surface area contributed by atoms with Crippen LogP contribution in [0.5, 0.6) is 0 Å². The van der Waals surface area contributed by atoms with Crippen molar-refractivity contribution in [2.24, 2.45) is 4.99 Å². The van der Waals surface area contributed by atoms with Gasteiger partial charge in [-0.2, -0.15) is 0 Å². The lowest BCUT2D eigenvalue weighted by atomic mass is 10.1. The molecule has 0 spiro atoms. The number of aliphatic imine (C=N–C) groups is 1. The molecule has 1 N–H and O–H groups in total. The van der Waals surface area contributed by atoms with E-state index in [1.165, 1.54) is 12.8 Å². The Morgan fingerprint density at radius 2 is 2.00 bits per heavy atom. The topological polar surface area (TPSA) is 58.6 Å². The van der Waals surface area contributed by atoms with Crippen molar-refractivity contribution in [2.75, 3.05) is 66.6 Å². The molecule has 2 heterocycles. The highest BCUT2D eigenvalue weighted by atomic mass is 16.5. The van der Waals surface area contributed by atoms with Crippen molar-refractivity contribution in [1.29, 1.82) is 0 Å². The molecule has 2 saturated heterocycles. The number of guanidine groups is 1. The predicted octanol–water partition coefficient (Wildman–Crippen LogP) is 2.36. The van der Waals surface area contributed by atoms with Crippen LogP contribution in [-0.4, -0.2) is 101 Å². The molecule has 0 aromatic carbocycles. The Morgan fingerprint density at radius 1 is 1.21 bits per heavy atom. The molecular weight excluding hydrogens is 368 g/mol. The Labute approximate surface area is 178 Å². The molecule has 7 heteroatoms. The van der Waals surface area contributed by atoms with Gasteiger partial charge in [-0.1, -0.05) is 0 Å². The maximum Gasteiger partial charge on any atom is 0.194 e. The molecule has 0 aliphatic carbocycles. The quantitative estimate of drug-likeness (QED) is 0.415. The summed E-state index contributed by atoms with van der Waals surface area (Å²) in [7, 11) is 4.20. The summed E-state index contributed by atoms with van der Waals surface area (Å²) < 4.78 is 17.9. The van der Waals surface area contributed by atoms with Crippen LogP contribution in [0.3, 0.4) is 0 Å². The van der Waals surface area contributed by atoms with Gasteiger partial charge in [0.2, 0.25) is 0 Å². The summed E-state index contributed by atoms with van der Waals surface area (Å²) in [6.45, 7) is 11.1. The van der Waals surface area contributed by atoms with Gasteiger partial charge in [0.05, 0.1) is 31.5 Å². The van der Waals surface area contributed by atoms with Gasteiger partial charge in [0, 0.05) is 39.4 Å². The molecule has 0 aromatic heterocycles. The molecule has 170 valence electrons. The van der Waals surface area contributed by atoms with Gasteiger partial charge in [-0.3, -0.25) is 4.99 Å². The van der Waals surface area contributed by atoms with E-state index in [0.717, 1.165) is 77.6 Å². The fourth-order valence-electron chi connectivity index (χ4n) is 3.90. The number of nitrogens with zero attached hydrogens (tertiary/aromatic N) is 3. The second-order valence-corrected chi connectivity index (χ2v) is 8.37. The zero-order valence-corrected chi connectivity index (χ0v) is 19.2. The summed E-state index contributed by atoms with van der Waals surface area (Å²) in [5, 5.41) is 3.46. The minimum absolute atomic E-state index is 0.174. The van der Waals surface area contributed by atoms with Crippen molar-refractivity contribution < 1.29 is 14.2 Å². The van der Waals surface area contributed by atoms with Crippen molar-refractivity contribution in [2.45, 2.75) is 70.7 Å². The number of hydrogen-bond donors (Lipinski definition) is 1.